The van der Waals surface area contributed by atoms with Crippen LogP contribution in [0.2, 0.25) is 0 Å². The van der Waals surface area contributed by atoms with Gasteiger partial charge >= 0.3 is 5.69 Å². The number of nitrogens with zero attached hydrogens (tertiary/aromatic N) is 3. The van der Waals surface area contributed by atoms with E-state index in [1.54, 1.807) is 0 Å². The fourth-order valence-corrected chi connectivity index (χ4v) is 0.903. The monoisotopic (exact) mass is 217 g/mol. The molecule has 0 atom stereocenters. The van der Waals surface area contributed by atoms with Crippen molar-refractivity contribution in [1.29, 1.82) is 5.26 Å². The quantitative estimate of drug-likeness (QED) is 0.560. The normalized spacial score (nSPS) is 10.1. The van der Waals surface area contributed by atoms with E-state index in [2.05, 4.69) is 4.98 Å². The minimum atomic E-state index is -3.27. The Bertz CT molecular complexity index is 456. The number of rotatable bonds is 2. The van der Waals surface area contributed by atoms with Crippen molar-refractivity contribution < 1.29 is 18.1 Å². The van der Waals surface area contributed by atoms with E-state index >= 15 is 0 Å². The Morgan fingerprint density at radius 1 is 1.60 bits per heavy atom. The maximum Gasteiger partial charge on any atom is 0.333 e. The maximum absolute atomic E-state index is 13.1. The number of hydrogen-bond donors (Lipinski definition) is 0. The van der Waals surface area contributed by atoms with Crippen LogP contribution in [0.5, 0.6) is 0 Å². The first kappa shape index (κ1) is 10.9. The van der Waals surface area contributed by atoms with Crippen LogP contribution in [0.3, 0.4) is 0 Å². The van der Waals surface area contributed by atoms with Gasteiger partial charge in [-0.3, -0.25) is 10.1 Å². The zero-order chi connectivity index (χ0) is 11.6. The molecule has 0 fully saturated rings. The van der Waals surface area contributed by atoms with Gasteiger partial charge in [-0.05, 0) is 0 Å². The lowest BCUT2D eigenvalue weighted by atomic mass is 10.2. The van der Waals surface area contributed by atoms with Crippen LogP contribution in [-0.4, -0.2) is 9.91 Å². The zero-order valence-electron chi connectivity index (χ0n) is 6.95. The van der Waals surface area contributed by atoms with Crippen LogP contribution < -0.4 is 0 Å². The molecule has 1 aromatic rings. The van der Waals surface area contributed by atoms with Gasteiger partial charge < -0.3 is 0 Å². The van der Waals surface area contributed by atoms with E-state index in [9.17, 15) is 23.3 Å². The predicted octanol–water partition coefficient (Wildman–Crippen LogP) is 1.94. The average molecular weight is 217 g/mol. The highest BCUT2D eigenvalue weighted by Gasteiger charge is 2.30. The zero-order valence-corrected chi connectivity index (χ0v) is 6.95. The van der Waals surface area contributed by atoms with Gasteiger partial charge in [0.2, 0.25) is 5.82 Å². The van der Waals surface area contributed by atoms with E-state index < -0.39 is 34.1 Å². The topological polar surface area (TPSA) is 79.8 Å². The molecule has 8 heteroatoms. The predicted molar refractivity (Wildman–Crippen MR) is 40.5 cm³/mol. The van der Waals surface area contributed by atoms with Gasteiger partial charge in [0, 0.05) is 6.20 Å². The molecule has 78 valence electrons. The van der Waals surface area contributed by atoms with E-state index in [-0.39, 0.29) is 0 Å². The van der Waals surface area contributed by atoms with Crippen molar-refractivity contribution >= 4 is 5.69 Å². The van der Waals surface area contributed by atoms with E-state index in [4.69, 9.17) is 5.26 Å². The van der Waals surface area contributed by atoms with E-state index in [1.807, 2.05) is 0 Å². The van der Waals surface area contributed by atoms with Crippen LogP contribution in [0.4, 0.5) is 18.9 Å². The van der Waals surface area contributed by atoms with Crippen molar-refractivity contribution in [2.75, 3.05) is 0 Å². The first-order valence-electron chi connectivity index (χ1n) is 3.50. The van der Waals surface area contributed by atoms with Crippen molar-refractivity contribution in [2.24, 2.45) is 0 Å². The smallest absolute Gasteiger partial charge is 0.258 e. The standard InChI is InChI=1S/C7H2F3N3O2/c8-4-3(1-11)2-12-5(7(9)10)6(4)13(14)15/h2,7H. The molecule has 0 bridgehead atoms. The molecule has 1 heterocycles. The van der Waals surface area contributed by atoms with E-state index in [0.29, 0.717) is 6.20 Å². The van der Waals surface area contributed by atoms with Crippen LogP contribution in [0.25, 0.3) is 0 Å². The molecule has 15 heavy (non-hydrogen) atoms. The lowest BCUT2D eigenvalue weighted by molar-refractivity contribution is -0.389. The summed E-state index contributed by atoms with van der Waals surface area (Å²) in [4.78, 5) is 11.9. The molecule has 0 N–H and O–H groups in total. The Labute approximate surface area is 80.9 Å². The third kappa shape index (κ3) is 1.85. The molecule has 0 aliphatic carbocycles. The molecule has 0 saturated heterocycles. The van der Waals surface area contributed by atoms with E-state index in [1.165, 1.54) is 6.07 Å². The molecule has 0 spiro atoms. The number of nitriles is 1. The molecule has 1 rings (SSSR count). The first-order valence-corrected chi connectivity index (χ1v) is 3.50. The molecule has 0 aliphatic rings. The minimum Gasteiger partial charge on any atom is -0.258 e. The number of nitro groups is 1. The Balaban J connectivity index is 3.53. The second kappa shape index (κ2) is 3.91. The van der Waals surface area contributed by atoms with Crippen LogP contribution >= 0.6 is 0 Å². The molecular weight excluding hydrogens is 215 g/mol. The minimum absolute atomic E-state index is 0.532. The Hall–Kier alpha value is -2.17. The third-order valence-corrected chi connectivity index (χ3v) is 1.53. The van der Waals surface area contributed by atoms with Gasteiger partial charge in [0.1, 0.15) is 11.6 Å². The molecule has 0 amide bonds. The summed E-state index contributed by atoms with van der Waals surface area (Å²) in [6.07, 6.45) is -2.74. The highest BCUT2D eigenvalue weighted by Crippen LogP contribution is 2.30. The number of aromatic nitrogens is 1. The largest absolute Gasteiger partial charge is 0.333 e. The fraction of sp³-hybridized carbons (Fsp3) is 0.143. The molecule has 1 aromatic heterocycles. The van der Waals surface area contributed by atoms with Gasteiger partial charge in [0.25, 0.3) is 6.43 Å². The van der Waals surface area contributed by atoms with Crippen molar-refractivity contribution in [2.45, 2.75) is 6.43 Å². The third-order valence-electron chi connectivity index (χ3n) is 1.53. The van der Waals surface area contributed by atoms with Crippen molar-refractivity contribution in [3.8, 4) is 6.07 Å². The summed E-state index contributed by atoms with van der Waals surface area (Å²) in [6.45, 7) is 0. The van der Waals surface area contributed by atoms with Crippen molar-refractivity contribution in [3.05, 3.63) is 33.4 Å². The van der Waals surface area contributed by atoms with Crippen LogP contribution in [0, 0.1) is 27.3 Å². The Kier molecular flexibility index (Phi) is 2.85. The Morgan fingerprint density at radius 3 is 2.60 bits per heavy atom. The summed E-state index contributed by atoms with van der Waals surface area (Å²) < 4.78 is 37.5. The van der Waals surface area contributed by atoms with Gasteiger partial charge in [-0.2, -0.15) is 9.65 Å². The van der Waals surface area contributed by atoms with Gasteiger partial charge in [-0.15, -0.1) is 0 Å². The summed E-state index contributed by atoms with van der Waals surface area (Å²) in [5, 5.41) is 18.6. The highest BCUT2D eigenvalue weighted by molar-refractivity contribution is 5.45. The second-order valence-corrected chi connectivity index (χ2v) is 2.39. The van der Waals surface area contributed by atoms with Crippen molar-refractivity contribution in [3.63, 3.8) is 0 Å². The second-order valence-electron chi connectivity index (χ2n) is 2.39. The van der Waals surface area contributed by atoms with Gasteiger partial charge in [0.05, 0.1) is 4.92 Å². The van der Waals surface area contributed by atoms with Gasteiger partial charge in [-0.1, -0.05) is 0 Å². The average Bonchev–Trinajstić information content (AvgIpc) is 2.16. The maximum atomic E-state index is 13.1. The first-order chi connectivity index (χ1) is 6.99. The SMILES string of the molecule is N#Cc1cnc(C(F)F)c([N+](=O)[O-])c1F. The van der Waals surface area contributed by atoms with Crippen LogP contribution in [0.1, 0.15) is 17.7 Å². The Morgan fingerprint density at radius 2 is 2.20 bits per heavy atom. The fourth-order valence-electron chi connectivity index (χ4n) is 0.903. The summed E-state index contributed by atoms with van der Waals surface area (Å²) in [5.41, 5.74) is -3.48. The molecule has 0 saturated carbocycles. The molecular formula is C7H2F3N3O2. The van der Waals surface area contributed by atoms with E-state index in [0.717, 1.165) is 0 Å². The molecule has 5 nitrogen and oxygen atoms in total. The lowest BCUT2D eigenvalue weighted by Crippen LogP contribution is -2.04. The lowest BCUT2D eigenvalue weighted by Gasteiger charge is -2.01. The van der Waals surface area contributed by atoms with Crippen molar-refractivity contribution in [1.82, 2.24) is 4.98 Å². The number of alkyl halides is 2. The highest BCUT2D eigenvalue weighted by atomic mass is 19.3. The van der Waals surface area contributed by atoms with Gasteiger partial charge in [0.15, 0.2) is 5.69 Å². The molecule has 0 unspecified atom stereocenters. The molecule has 0 radical (unpaired) electrons. The summed E-state index contributed by atoms with van der Waals surface area (Å²) in [5.74, 6) is -1.59. The number of pyridine rings is 1. The summed E-state index contributed by atoms with van der Waals surface area (Å²) >= 11 is 0. The summed E-state index contributed by atoms with van der Waals surface area (Å²) in [6, 6.07) is 1.27. The molecule has 0 aromatic carbocycles. The van der Waals surface area contributed by atoms with Gasteiger partial charge in [-0.25, -0.2) is 13.8 Å². The van der Waals surface area contributed by atoms with Crippen LogP contribution in [-0.2, 0) is 0 Å². The summed E-state index contributed by atoms with van der Waals surface area (Å²) in [7, 11) is 0. The van der Waals surface area contributed by atoms with Crippen LogP contribution in [0.15, 0.2) is 6.20 Å². The molecule has 0 aliphatic heterocycles. The number of hydrogen-bond acceptors (Lipinski definition) is 4. The number of halogens is 3.